The molecule has 1 unspecified atom stereocenters. The van der Waals surface area contributed by atoms with Crippen molar-refractivity contribution in [1.29, 1.82) is 0 Å². The highest BCUT2D eigenvalue weighted by Gasteiger charge is 2.20. The summed E-state index contributed by atoms with van der Waals surface area (Å²) in [6, 6.07) is 26.6. The molecular weight excluding hydrogens is 338 g/mol. The number of carbonyl (C=O) groups excluding carboxylic acids is 1. The van der Waals surface area contributed by atoms with E-state index in [0.717, 1.165) is 22.6 Å². The molecule has 0 saturated carbocycles. The molecule has 27 heavy (non-hydrogen) atoms. The molecule has 1 N–H and O–H groups in total. The van der Waals surface area contributed by atoms with E-state index in [1.54, 1.807) is 7.11 Å². The lowest BCUT2D eigenvalue weighted by atomic mass is 10.1. The van der Waals surface area contributed by atoms with Crippen LogP contribution >= 0.6 is 0 Å². The van der Waals surface area contributed by atoms with Crippen molar-refractivity contribution in [2.24, 2.45) is 0 Å². The van der Waals surface area contributed by atoms with Crippen LogP contribution in [0.5, 0.6) is 5.75 Å². The summed E-state index contributed by atoms with van der Waals surface area (Å²) >= 11 is 0. The number of carbonyl (C=O) groups is 1. The van der Waals surface area contributed by atoms with Crippen LogP contribution in [0.2, 0.25) is 0 Å². The number of methoxy groups -OCH3 is 1. The van der Waals surface area contributed by atoms with Crippen molar-refractivity contribution in [3.63, 3.8) is 0 Å². The number of benzene rings is 3. The van der Waals surface area contributed by atoms with Crippen molar-refractivity contribution in [2.45, 2.75) is 19.1 Å². The lowest BCUT2D eigenvalue weighted by Crippen LogP contribution is -2.33. The first-order valence-corrected chi connectivity index (χ1v) is 8.89. The largest absolute Gasteiger partial charge is 0.497 e. The molecule has 3 rings (SSSR count). The van der Waals surface area contributed by atoms with E-state index < -0.39 is 6.04 Å². The monoisotopic (exact) mass is 361 g/mol. The van der Waals surface area contributed by atoms with Crippen molar-refractivity contribution in [3.05, 3.63) is 96.1 Å². The van der Waals surface area contributed by atoms with Gasteiger partial charge in [0, 0.05) is 12.1 Å². The number of rotatable bonds is 8. The minimum absolute atomic E-state index is 0.259. The predicted molar refractivity (Wildman–Crippen MR) is 107 cm³/mol. The Morgan fingerprint density at radius 3 is 2.04 bits per heavy atom. The van der Waals surface area contributed by atoms with Crippen LogP contribution in [-0.4, -0.2) is 19.1 Å². The molecule has 0 amide bonds. The normalized spacial score (nSPS) is 11.4. The van der Waals surface area contributed by atoms with Crippen molar-refractivity contribution >= 4 is 11.7 Å². The highest BCUT2D eigenvalue weighted by molar-refractivity contribution is 5.79. The Kier molecular flexibility index (Phi) is 6.47. The molecule has 4 nitrogen and oxygen atoms in total. The van der Waals surface area contributed by atoms with Crippen LogP contribution in [0, 0.1) is 0 Å². The quantitative estimate of drug-likeness (QED) is 0.602. The molecule has 3 aromatic rings. The second-order valence-electron chi connectivity index (χ2n) is 6.21. The molecule has 1 atom stereocenters. The predicted octanol–water partition coefficient (Wildman–Crippen LogP) is 4.46. The van der Waals surface area contributed by atoms with Crippen LogP contribution in [0.25, 0.3) is 0 Å². The number of nitrogens with one attached hydrogen (secondary N) is 1. The zero-order valence-electron chi connectivity index (χ0n) is 15.3. The van der Waals surface area contributed by atoms with E-state index in [9.17, 15) is 4.79 Å². The Balaban J connectivity index is 1.70. The van der Waals surface area contributed by atoms with E-state index in [2.05, 4.69) is 5.32 Å². The van der Waals surface area contributed by atoms with Crippen molar-refractivity contribution in [3.8, 4) is 5.75 Å². The maximum Gasteiger partial charge on any atom is 0.329 e. The Morgan fingerprint density at radius 1 is 0.852 bits per heavy atom. The summed E-state index contributed by atoms with van der Waals surface area (Å²) in [7, 11) is 1.63. The van der Waals surface area contributed by atoms with Crippen LogP contribution in [0.15, 0.2) is 84.9 Å². The van der Waals surface area contributed by atoms with Crippen LogP contribution in [0.4, 0.5) is 5.69 Å². The molecule has 0 heterocycles. The standard InChI is InChI=1S/C23H23NO3/c1-26-21-14-12-20(13-15-21)24-22(16-18-8-4-2-5-9-18)23(25)27-17-19-10-6-3-7-11-19/h2-15,22,24H,16-17H2,1H3. The smallest absolute Gasteiger partial charge is 0.329 e. The second-order valence-corrected chi connectivity index (χ2v) is 6.21. The Morgan fingerprint density at radius 2 is 1.44 bits per heavy atom. The van der Waals surface area contributed by atoms with E-state index in [0.29, 0.717) is 6.42 Å². The van der Waals surface area contributed by atoms with Gasteiger partial charge in [-0.1, -0.05) is 60.7 Å². The van der Waals surface area contributed by atoms with Crippen molar-refractivity contribution in [1.82, 2.24) is 0 Å². The summed E-state index contributed by atoms with van der Waals surface area (Å²) in [5, 5.41) is 3.28. The molecule has 4 heteroatoms. The molecule has 0 aliphatic carbocycles. The number of esters is 1. The van der Waals surface area contributed by atoms with Gasteiger partial charge in [0.05, 0.1) is 7.11 Å². The molecule has 0 aromatic heterocycles. The van der Waals surface area contributed by atoms with Gasteiger partial charge in [-0.2, -0.15) is 0 Å². The molecule has 0 bridgehead atoms. The first-order valence-electron chi connectivity index (χ1n) is 8.89. The zero-order valence-corrected chi connectivity index (χ0v) is 15.3. The number of hydrogen-bond acceptors (Lipinski definition) is 4. The van der Waals surface area contributed by atoms with Crippen LogP contribution in [0.3, 0.4) is 0 Å². The third-order valence-corrected chi connectivity index (χ3v) is 4.22. The molecule has 0 fully saturated rings. The second kappa shape index (κ2) is 9.43. The number of hydrogen-bond donors (Lipinski definition) is 1. The van der Waals surface area contributed by atoms with Gasteiger partial charge in [-0.05, 0) is 35.4 Å². The van der Waals surface area contributed by atoms with Gasteiger partial charge in [-0.15, -0.1) is 0 Å². The Hall–Kier alpha value is -3.27. The molecular formula is C23H23NO3. The van der Waals surface area contributed by atoms with Gasteiger partial charge in [0.25, 0.3) is 0 Å². The van der Waals surface area contributed by atoms with E-state index in [1.165, 1.54) is 0 Å². The molecule has 0 aliphatic heterocycles. The van der Waals surface area contributed by atoms with E-state index in [1.807, 2.05) is 84.9 Å². The summed E-state index contributed by atoms with van der Waals surface area (Å²) in [6.45, 7) is 0.259. The topological polar surface area (TPSA) is 47.6 Å². The minimum Gasteiger partial charge on any atom is -0.497 e. The van der Waals surface area contributed by atoms with Crippen LogP contribution in [-0.2, 0) is 22.6 Å². The van der Waals surface area contributed by atoms with Gasteiger partial charge in [-0.25, -0.2) is 4.79 Å². The average Bonchev–Trinajstić information content (AvgIpc) is 2.73. The molecule has 0 aliphatic rings. The minimum atomic E-state index is -0.482. The molecule has 0 radical (unpaired) electrons. The number of ether oxygens (including phenoxy) is 2. The number of anilines is 1. The van der Waals surface area contributed by atoms with Gasteiger partial charge in [-0.3, -0.25) is 0 Å². The van der Waals surface area contributed by atoms with Gasteiger partial charge >= 0.3 is 5.97 Å². The fourth-order valence-corrected chi connectivity index (χ4v) is 2.76. The Labute approximate surface area is 159 Å². The highest BCUT2D eigenvalue weighted by Crippen LogP contribution is 2.18. The van der Waals surface area contributed by atoms with Crippen molar-refractivity contribution in [2.75, 3.05) is 12.4 Å². The highest BCUT2D eigenvalue weighted by atomic mass is 16.5. The average molecular weight is 361 g/mol. The first kappa shape index (κ1) is 18.5. The third-order valence-electron chi connectivity index (χ3n) is 4.22. The first-order chi connectivity index (χ1) is 13.2. The Bertz CT molecular complexity index is 833. The van der Waals surface area contributed by atoms with Crippen LogP contribution in [0.1, 0.15) is 11.1 Å². The molecule has 3 aromatic carbocycles. The lowest BCUT2D eigenvalue weighted by molar-refractivity contribution is -0.145. The van der Waals surface area contributed by atoms with E-state index in [-0.39, 0.29) is 12.6 Å². The fraction of sp³-hybridized carbons (Fsp3) is 0.174. The molecule has 0 saturated heterocycles. The summed E-state index contributed by atoms with van der Waals surface area (Å²) in [5.41, 5.74) is 2.88. The maximum atomic E-state index is 12.7. The summed E-state index contributed by atoms with van der Waals surface area (Å²) in [4.78, 5) is 12.7. The van der Waals surface area contributed by atoms with E-state index in [4.69, 9.17) is 9.47 Å². The van der Waals surface area contributed by atoms with Gasteiger partial charge < -0.3 is 14.8 Å². The van der Waals surface area contributed by atoms with Gasteiger partial charge in [0.2, 0.25) is 0 Å². The third kappa shape index (κ3) is 5.61. The summed E-state index contributed by atoms with van der Waals surface area (Å²) in [6.07, 6.45) is 0.542. The van der Waals surface area contributed by atoms with Gasteiger partial charge in [0.1, 0.15) is 18.4 Å². The van der Waals surface area contributed by atoms with E-state index >= 15 is 0 Å². The van der Waals surface area contributed by atoms with Crippen LogP contribution < -0.4 is 10.1 Å². The zero-order chi connectivity index (χ0) is 18.9. The molecule has 0 spiro atoms. The van der Waals surface area contributed by atoms with Crippen molar-refractivity contribution < 1.29 is 14.3 Å². The summed E-state index contributed by atoms with van der Waals surface area (Å²) < 4.78 is 10.7. The fourth-order valence-electron chi connectivity index (χ4n) is 2.76. The SMILES string of the molecule is COc1ccc(NC(Cc2ccccc2)C(=O)OCc2ccccc2)cc1. The van der Waals surface area contributed by atoms with Gasteiger partial charge in [0.15, 0.2) is 0 Å². The lowest BCUT2D eigenvalue weighted by Gasteiger charge is -2.19. The maximum absolute atomic E-state index is 12.7. The summed E-state index contributed by atoms with van der Waals surface area (Å²) in [5.74, 6) is 0.491. The molecule has 138 valence electrons.